The predicted octanol–water partition coefficient (Wildman–Crippen LogP) is 5.25. The second-order valence-electron chi connectivity index (χ2n) is 12.4. The predicted molar refractivity (Wildman–Crippen MR) is 160 cm³/mol. The fourth-order valence-corrected chi connectivity index (χ4v) is 8.04. The Kier molecular flexibility index (Phi) is 6.36. The van der Waals surface area contributed by atoms with Crippen LogP contribution in [0.5, 0.6) is 6.01 Å². The van der Waals surface area contributed by atoms with Gasteiger partial charge in [0, 0.05) is 48.9 Å². The highest BCUT2D eigenvalue weighted by Gasteiger charge is 2.49. The van der Waals surface area contributed by atoms with Crippen LogP contribution in [0.2, 0.25) is 5.02 Å². The lowest BCUT2D eigenvalue weighted by atomic mass is 9.95. The number of alkyl halides is 1. The monoisotopic (exact) mass is 609 g/mol. The molecule has 12 heteroatoms. The fourth-order valence-electron chi connectivity index (χ4n) is 7.77. The van der Waals surface area contributed by atoms with Crippen molar-refractivity contribution in [1.82, 2.24) is 25.2 Å². The molecule has 8 rings (SSSR count). The highest BCUT2D eigenvalue weighted by molar-refractivity contribution is 6.36. The summed E-state index contributed by atoms with van der Waals surface area (Å²) in [6.07, 6.45) is 3.30. The Hall–Kier alpha value is -3.41. The Morgan fingerprint density at radius 3 is 2.72 bits per heavy atom. The van der Waals surface area contributed by atoms with Gasteiger partial charge in [0.25, 0.3) is 0 Å². The molecule has 4 fully saturated rings. The van der Waals surface area contributed by atoms with Crippen LogP contribution in [-0.4, -0.2) is 76.4 Å². The van der Waals surface area contributed by atoms with E-state index in [0.717, 1.165) is 32.2 Å². The minimum Gasteiger partial charge on any atom is -0.461 e. The highest BCUT2D eigenvalue weighted by Crippen LogP contribution is 2.42. The van der Waals surface area contributed by atoms with E-state index < -0.39 is 23.3 Å². The van der Waals surface area contributed by atoms with Gasteiger partial charge in [0.05, 0.1) is 21.8 Å². The molecule has 8 nitrogen and oxygen atoms in total. The lowest BCUT2D eigenvalue weighted by Gasteiger charge is -2.34. The van der Waals surface area contributed by atoms with Crippen molar-refractivity contribution in [2.75, 3.05) is 43.4 Å². The zero-order valence-corrected chi connectivity index (χ0v) is 24.2. The first kappa shape index (κ1) is 27.2. The van der Waals surface area contributed by atoms with Gasteiger partial charge in [-0.25, -0.2) is 18.2 Å². The Morgan fingerprint density at radius 2 is 1.91 bits per heavy atom. The molecule has 0 unspecified atom stereocenters. The highest BCUT2D eigenvalue weighted by atomic mass is 35.5. The molecular formula is C31H31ClF3N7O. The van der Waals surface area contributed by atoms with Crippen molar-refractivity contribution in [1.29, 1.82) is 0 Å². The van der Waals surface area contributed by atoms with Gasteiger partial charge in [-0.1, -0.05) is 23.7 Å². The largest absolute Gasteiger partial charge is 0.461 e. The molecular weight excluding hydrogens is 579 g/mol. The average molecular weight is 610 g/mol. The standard InChI is InChI=1S/C31H31ClF3N7O/c32-21-4-1-3-16-9-23(36)38-28(24(16)21)25-22(34)10-20-27(26(25)35)39-30(40-29(20)41-13-18-5-6-19(14-41)37-18)43-15-31-7-2-8-42(31)12-17(33)11-31/h1,3-4,9-10,17-19,37H,2,5-8,11-15H2,(H2,36,38)/t17-,18-,19+,31+/m1/s1. The SMILES string of the molecule is Nc1cc2cccc(Cl)c2c(-c2c(F)cc3c(N4C[C@H]5CC[C@@H](C4)N5)nc(OC[C@@]45CCCN4C[C@H](F)C5)nc3c2F)n1. The van der Waals surface area contributed by atoms with Crippen LogP contribution in [-0.2, 0) is 0 Å². The maximum absolute atomic E-state index is 16.7. The van der Waals surface area contributed by atoms with Crippen LogP contribution in [0.15, 0.2) is 30.3 Å². The van der Waals surface area contributed by atoms with Gasteiger partial charge in [-0.2, -0.15) is 9.97 Å². The number of anilines is 2. The number of nitrogens with zero attached hydrogens (tertiary/aromatic N) is 5. The first-order chi connectivity index (χ1) is 20.8. The van der Waals surface area contributed by atoms with Crippen molar-refractivity contribution in [3.8, 4) is 17.3 Å². The quantitative estimate of drug-likeness (QED) is 0.317. The maximum Gasteiger partial charge on any atom is 0.319 e. The number of nitrogens with two attached hydrogens (primary N) is 1. The first-order valence-electron chi connectivity index (χ1n) is 14.9. The second-order valence-corrected chi connectivity index (χ2v) is 12.8. The number of hydrogen-bond donors (Lipinski definition) is 2. The lowest BCUT2D eigenvalue weighted by molar-refractivity contribution is 0.107. The van der Waals surface area contributed by atoms with E-state index in [-0.39, 0.29) is 52.7 Å². The number of halogens is 4. The summed E-state index contributed by atoms with van der Waals surface area (Å²) in [5.74, 6) is -1.19. The van der Waals surface area contributed by atoms with E-state index in [1.54, 1.807) is 24.3 Å². The topological polar surface area (TPSA) is 92.4 Å². The number of aromatic nitrogens is 3. The molecule has 3 N–H and O–H groups in total. The molecule has 4 aliphatic rings. The minimum absolute atomic E-state index is 0.000720. The number of rotatable bonds is 5. The minimum atomic E-state index is -0.913. The van der Waals surface area contributed by atoms with Gasteiger partial charge in [-0.3, -0.25) is 4.90 Å². The first-order valence-corrected chi connectivity index (χ1v) is 15.2. The number of fused-ring (bicyclic) bond motifs is 5. The fraction of sp³-hybridized carbons (Fsp3) is 0.452. The summed E-state index contributed by atoms with van der Waals surface area (Å²) in [5, 5.41) is 5.13. The zero-order chi connectivity index (χ0) is 29.5. The Balaban J connectivity index is 1.28. The summed E-state index contributed by atoms with van der Waals surface area (Å²) in [7, 11) is 0. The third-order valence-corrected chi connectivity index (χ3v) is 9.97. The number of piperazine rings is 1. The molecule has 2 aromatic heterocycles. The van der Waals surface area contributed by atoms with Crippen molar-refractivity contribution in [3.63, 3.8) is 0 Å². The summed E-state index contributed by atoms with van der Waals surface area (Å²) >= 11 is 6.52. The Bertz CT molecular complexity index is 1760. The van der Waals surface area contributed by atoms with E-state index in [1.165, 1.54) is 6.07 Å². The van der Waals surface area contributed by atoms with Gasteiger partial charge in [0.15, 0.2) is 5.82 Å². The van der Waals surface area contributed by atoms with Gasteiger partial charge >= 0.3 is 6.01 Å². The summed E-state index contributed by atoms with van der Waals surface area (Å²) in [4.78, 5) is 17.8. The van der Waals surface area contributed by atoms with Crippen LogP contribution in [0.3, 0.4) is 0 Å². The van der Waals surface area contributed by atoms with E-state index in [2.05, 4.69) is 25.1 Å². The van der Waals surface area contributed by atoms with Gasteiger partial charge in [0.1, 0.15) is 35.7 Å². The van der Waals surface area contributed by atoms with Crippen molar-refractivity contribution < 1.29 is 17.9 Å². The summed E-state index contributed by atoms with van der Waals surface area (Å²) in [5.41, 5.74) is 5.18. The number of benzene rings is 2. The second kappa shape index (κ2) is 10.1. The molecule has 2 aromatic carbocycles. The number of pyridine rings is 1. The van der Waals surface area contributed by atoms with Crippen LogP contribution in [0.25, 0.3) is 32.9 Å². The normalized spacial score (nSPS) is 27.0. The summed E-state index contributed by atoms with van der Waals surface area (Å²) in [6.45, 7) is 2.68. The van der Waals surface area contributed by atoms with Gasteiger partial charge in [-0.05, 0) is 55.8 Å². The molecule has 4 atom stereocenters. The molecule has 6 heterocycles. The van der Waals surface area contributed by atoms with Crippen molar-refractivity contribution >= 4 is 44.9 Å². The molecule has 0 radical (unpaired) electrons. The van der Waals surface area contributed by atoms with Crippen LogP contribution >= 0.6 is 11.6 Å². The van der Waals surface area contributed by atoms with Gasteiger partial charge in [-0.15, -0.1) is 0 Å². The lowest BCUT2D eigenvalue weighted by Crippen LogP contribution is -2.51. The Morgan fingerprint density at radius 1 is 1.09 bits per heavy atom. The van der Waals surface area contributed by atoms with E-state index in [4.69, 9.17) is 27.1 Å². The molecule has 0 aliphatic carbocycles. The van der Waals surface area contributed by atoms with Crippen LogP contribution in [0.4, 0.5) is 24.8 Å². The number of hydrogen-bond acceptors (Lipinski definition) is 8. The van der Waals surface area contributed by atoms with E-state index in [0.29, 0.717) is 47.7 Å². The molecule has 4 aliphatic heterocycles. The molecule has 4 aromatic rings. The third-order valence-electron chi connectivity index (χ3n) is 9.65. The molecule has 0 saturated carbocycles. The van der Waals surface area contributed by atoms with E-state index in [1.807, 2.05) is 0 Å². The number of ether oxygens (including phenoxy) is 1. The molecule has 43 heavy (non-hydrogen) atoms. The molecule has 4 saturated heterocycles. The molecule has 0 amide bonds. The molecule has 0 spiro atoms. The van der Waals surface area contributed by atoms with E-state index in [9.17, 15) is 4.39 Å². The zero-order valence-electron chi connectivity index (χ0n) is 23.4. The summed E-state index contributed by atoms with van der Waals surface area (Å²) < 4.78 is 53.4. The van der Waals surface area contributed by atoms with Crippen molar-refractivity contribution in [2.45, 2.75) is 55.9 Å². The molecule has 224 valence electrons. The van der Waals surface area contributed by atoms with Crippen molar-refractivity contribution in [2.24, 2.45) is 0 Å². The van der Waals surface area contributed by atoms with Gasteiger partial charge in [0.2, 0.25) is 0 Å². The Labute approximate surface area is 251 Å². The van der Waals surface area contributed by atoms with E-state index >= 15 is 8.78 Å². The third kappa shape index (κ3) is 4.46. The van der Waals surface area contributed by atoms with Crippen LogP contribution in [0.1, 0.15) is 32.1 Å². The smallest absolute Gasteiger partial charge is 0.319 e. The number of nitrogens with one attached hydrogen (secondary N) is 1. The van der Waals surface area contributed by atoms with Crippen LogP contribution < -0.4 is 20.7 Å². The summed E-state index contributed by atoms with van der Waals surface area (Å²) in [6, 6.07) is 8.54. The van der Waals surface area contributed by atoms with Crippen molar-refractivity contribution in [3.05, 3.63) is 47.0 Å². The average Bonchev–Trinajstić information content (AvgIpc) is 3.62. The maximum atomic E-state index is 16.7. The molecule has 2 bridgehead atoms. The number of nitrogen functional groups attached to an aromatic ring is 1. The van der Waals surface area contributed by atoms with Gasteiger partial charge < -0.3 is 20.7 Å². The van der Waals surface area contributed by atoms with Crippen LogP contribution in [0, 0.1) is 11.6 Å².